The second kappa shape index (κ2) is 7.99. The van der Waals surface area contributed by atoms with E-state index < -0.39 is 11.9 Å². The minimum Gasteiger partial charge on any atom is -0.512 e. The van der Waals surface area contributed by atoms with Crippen molar-refractivity contribution in [3.05, 3.63) is 34.1 Å². The average Bonchev–Trinajstić information content (AvgIpc) is 2.94. The van der Waals surface area contributed by atoms with Crippen molar-refractivity contribution in [3.8, 4) is 0 Å². The summed E-state index contributed by atoms with van der Waals surface area (Å²) in [6, 6.07) is 0. The molecule has 2 rings (SSSR count). The number of ether oxygens (including phenoxy) is 2. The van der Waals surface area contributed by atoms with Crippen molar-refractivity contribution in [2.45, 2.75) is 51.4 Å². The highest BCUT2D eigenvalue weighted by molar-refractivity contribution is 6.09. The molecule has 126 valence electrons. The molecular formula is C18H24O5. The highest BCUT2D eigenvalue weighted by Crippen LogP contribution is 2.37. The third-order valence-corrected chi connectivity index (χ3v) is 4.36. The van der Waals surface area contributed by atoms with Crippen molar-refractivity contribution in [1.29, 1.82) is 0 Å². The minimum absolute atomic E-state index is 0.131. The molecule has 0 radical (unpaired) electrons. The van der Waals surface area contributed by atoms with E-state index in [9.17, 15) is 14.7 Å². The molecule has 0 fully saturated rings. The molecule has 0 aromatic carbocycles. The van der Waals surface area contributed by atoms with Gasteiger partial charge in [0.2, 0.25) is 0 Å². The summed E-state index contributed by atoms with van der Waals surface area (Å²) in [6.07, 6.45) is 9.15. The van der Waals surface area contributed by atoms with Crippen molar-refractivity contribution >= 4 is 11.9 Å². The van der Waals surface area contributed by atoms with Crippen LogP contribution < -0.4 is 0 Å². The fourth-order valence-electron chi connectivity index (χ4n) is 3.14. The number of allylic oxidation sites excluding steroid dienone is 2. The Morgan fingerprint density at radius 2 is 1.39 bits per heavy atom. The number of hydrogen-bond acceptors (Lipinski definition) is 5. The molecule has 0 atom stereocenters. The van der Waals surface area contributed by atoms with Crippen LogP contribution in [0.2, 0.25) is 0 Å². The zero-order chi connectivity index (χ0) is 16.8. The minimum atomic E-state index is -0.618. The predicted molar refractivity (Wildman–Crippen MR) is 85.7 cm³/mol. The maximum Gasteiger partial charge on any atom is 0.339 e. The first kappa shape index (κ1) is 17.3. The fourth-order valence-corrected chi connectivity index (χ4v) is 3.14. The Bertz CT molecular complexity index is 580. The van der Waals surface area contributed by atoms with Gasteiger partial charge >= 0.3 is 11.9 Å². The number of aliphatic hydroxyl groups excluding tert-OH is 1. The third-order valence-electron chi connectivity index (χ3n) is 4.36. The smallest absolute Gasteiger partial charge is 0.339 e. The van der Waals surface area contributed by atoms with Crippen LogP contribution in [0.3, 0.4) is 0 Å². The molecule has 0 spiro atoms. The van der Waals surface area contributed by atoms with Crippen molar-refractivity contribution in [1.82, 2.24) is 0 Å². The van der Waals surface area contributed by atoms with Crippen LogP contribution in [-0.2, 0) is 19.1 Å². The van der Waals surface area contributed by atoms with E-state index in [2.05, 4.69) is 0 Å². The van der Waals surface area contributed by atoms with Gasteiger partial charge in [0.25, 0.3) is 0 Å². The monoisotopic (exact) mass is 320 g/mol. The highest BCUT2D eigenvalue weighted by Gasteiger charge is 2.34. The van der Waals surface area contributed by atoms with Gasteiger partial charge in [-0.15, -0.1) is 0 Å². The van der Waals surface area contributed by atoms with Crippen molar-refractivity contribution in [2.75, 3.05) is 14.2 Å². The van der Waals surface area contributed by atoms with Gasteiger partial charge in [-0.2, -0.15) is 0 Å². The van der Waals surface area contributed by atoms with E-state index in [0.717, 1.165) is 44.1 Å². The van der Waals surface area contributed by atoms with Crippen molar-refractivity contribution in [3.63, 3.8) is 0 Å². The lowest BCUT2D eigenvalue weighted by atomic mass is 9.99. The summed E-state index contributed by atoms with van der Waals surface area (Å²) in [5.41, 5.74) is 1.53. The molecule has 5 heteroatoms. The summed E-state index contributed by atoms with van der Waals surface area (Å²) < 4.78 is 9.67. The van der Waals surface area contributed by atoms with Gasteiger partial charge in [-0.1, -0.05) is 25.7 Å². The number of hydrogen-bond donors (Lipinski definition) is 1. The zero-order valence-corrected chi connectivity index (χ0v) is 13.8. The molecule has 0 aromatic heterocycles. The molecule has 0 amide bonds. The Morgan fingerprint density at radius 1 is 0.870 bits per heavy atom. The summed E-state index contributed by atoms with van der Waals surface area (Å²) >= 11 is 0. The fraction of sp³-hybridized carbons (Fsp3) is 0.556. The van der Waals surface area contributed by atoms with Crippen molar-refractivity contribution in [2.24, 2.45) is 0 Å². The molecule has 1 N–H and O–H groups in total. The predicted octanol–water partition coefficient (Wildman–Crippen LogP) is 3.52. The first-order valence-corrected chi connectivity index (χ1v) is 8.14. The Hall–Kier alpha value is -2.04. The number of carbonyl (C=O) groups is 2. The molecule has 2 aliphatic carbocycles. The summed E-state index contributed by atoms with van der Waals surface area (Å²) in [5, 5.41) is 10.4. The molecule has 5 nitrogen and oxygen atoms in total. The lowest BCUT2D eigenvalue weighted by Gasteiger charge is -2.09. The zero-order valence-electron chi connectivity index (χ0n) is 13.8. The topological polar surface area (TPSA) is 72.8 Å². The van der Waals surface area contributed by atoms with Crippen LogP contribution >= 0.6 is 0 Å². The Balaban J connectivity index is 2.52. The van der Waals surface area contributed by atoms with E-state index in [1.165, 1.54) is 14.2 Å². The van der Waals surface area contributed by atoms with E-state index in [0.29, 0.717) is 18.4 Å². The van der Waals surface area contributed by atoms with Crippen molar-refractivity contribution < 1.29 is 24.2 Å². The second-order valence-electron chi connectivity index (χ2n) is 5.88. The number of carbonyl (C=O) groups excluding carboxylic acids is 2. The van der Waals surface area contributed by atoms with Crippen LogP contribution in [0.5, 0.6) is 0 Å². The summed E-state index contributed by atoms with van der Waals surface area (Å²) in [6.45, 7) is 0. The molecule has 0 heterocycles. The van der Waals surface area contributed by atoms with E-state index in [4.69, 9.17) is 9.47 Å². The molecule has 0 saturated heterocycles. The maximum atomic E-state index is 12.2. The molecule has 23 heavy (non-hydrogen) atoms. The van der Waals surface area contributed by atoms with Gasteiger partial charge in [0.1, 0.15) is 5.76 Å². The molecule has 0 unspecified atom stereocenters. The van der Waals surface area contributed by atoms with E-state index in [1.807, 2.05) is 0 Å². The van der Waals surface area contributed by atoms with Crippen LogP contribution in [0, 0.1) is 0 Å². The molecule has 0 saturated carbocycles. The van der Waals surface area contributed by atoms with Gasteiger partial charge in [-0.05, 0) is 30.9 Å². The summed E-state index contributed by atoms with van der Waals surface area (Å²) in [4.78, 5) is 24.4. The molecular weight excluding hydrogens is 296 g/mol. The van der Waals surface area contributed by atoms with Gasteiger partial charge in [0, 0.05) is 12.0 Å². The van der Waals surface area contributed by atoms with Gasteiger partial charge in [-0.25, -0.2) is 9.59 Å². The number of esters is 2. The summed E-state index contributed by atoms with van der Waals surface area (Å²) in [5.74, 6) is -1.04. The Morgan fingerprint density at radius 3 is 2.00 bits per heavy atom. The number of rotatable bonds is 2. The molecule has 0 aliphatic heterocycles. The number of aliphatic hydroxyl groups is 1. The van der Waals surface area contributed by atoms with Gasteiger partial charge in [-0.3, -0.25) is 0 Å². The average molecular weight is 320 g/mol. The first-order valence-electron chi connectivity index (χ1n) is 8.14. The maximum absolute atomic E-state index is 12.2. The van der Waals surface area contributed by atoms with Crippen LogP contribution in [0.4, 0.5) is 0 Å². The van der Waals surface area contributed by atoms with E-state index in [1.54, 1.807) is 6.08 Å². The number of fused-ring (bicyclic) bond motifs is 1. The largest absolute Gasteiger partial charge is 0.512 e. The first-order chi connectivity index (χ1) is 11.1. The van der Waals surface area contributed by atoms with Crippen LogP contribution in [-0.4, -0.2) is 31.3 Å². The lowest BCUT2D eigenvalue weighted by molar-refractivity contribution is -0.138. The third kappa shape index (κ3) is 3.84. The van der Waals surface area contributed by atoms with Crippen LogP contribution in [0.1, 0.15) is 51.4 Å². The number of methoxy groups -OCH3 is 2. The lowest BCUT2D eigenvalue weighted by Crippen LogP contribution is -2.14. The van der Waals surface area contributed by atoms with Gasteiger partial charge in [0.05, 0.1) is 25.4 Å². The van der Waals surface area contributed by atoms with E-state index in [-0.39, 0.29) is 16.9 Å². The normalized spacial score (nSPS) is 22.8. The SMILES string of the molecule is COC(=O)C1=C(C(=O)OC)/C2=C(\O)CCCCCCCCC1=C2. The van der Waals surface area contributed by atoms with Gasteiger partial charge < -0.3 is 14.6 Å². The van der Waals surface area contributed by atoms with Crippen LogP contribution in [0.25, 0.3) is 0 Å². The summed E-state index contributed by atoms with van der Waals surface area (Å²) in [7, 11) is 2.56. The van der Waals surface area contributed by atoms with Gasteiger partial charge in [0.15, 0.2) is 0 Å². The van der Waals surface area contributed by atoms with Crippen LogP contribution in [0.15, 0.2) is 34.1 Å². The molecule has 2 bridgehead atoms. The quantitative estimate of drug-likeness (QED) is 0.788. The van der Waals surface area contributed by atoms with E-state index >= 15 is 0 Å². The Kier molecular flexibility index (Phi) is 6.02. The second-order valence-corrected chi connectivity index (χ2v) is 5.88. The highest BCUT2D eigenvalue weighted by atomic mass is 16.5. The molecule has 2 aliphatic rings. The standard InChI is InChI=1S/C18H24O5/c1-22-17(20)15-12-9-7-5-3-4-6-8-10-14(19)13(11-12)16(15)18(21)23-2/h11,19H,3-10H2,1-2H3/b14-13-. The Labute approximate surface area is 136 Å². The molecule has 0 aromatic rings.